The van der Waals surface area contributed by atoms with Gasteiger partial charge in [0.15, 0.2) is 17.1 Å². The molecule has 26 nitrogen and oxygen atoms in total. The molecule has 0 saturated carbocycles. The predicted molar refractivity (Wildman–Crippen MR) is 535 cm³/mol. The summed E-state index contributed by atoms with van der Waals surface area (Å²) in [6.07, 6.45) is 9.13. The first-order valence-electron chi connectivity index (χ1n) is 42.9. The van der Waals surface area contributed by atoms with Crippen molar-refractivity contribution in [3.63, 3.8) is 0 Å². The molecule has 12 aromatic rings. The van der Waals surface area contributed by atoms with E-state index in [0.717, 1.165) is 160 Å². The van der Waals surface area contributed by atoms with Crippen molar-refractivity contribution in [1.82, 2.24) is 84.3 Å². The van der Waals surface area contributed by atoms with E-state index in [1.165, 1.54) is 41.1 Å². The molecule has 0 bridgehead atoms. The first-order valence-corrected chi connectivity index (χ1v) is 52.2. The number of aryl methyl sites for hydroxylation is 3. The molecule has 15 rings (SSSR count). The van der Waals surface area contributed by atoms with Gasteiger partial charge in [-0.05, 0) is 192 Å². The highest BCUT2D eigenvalue weighted by Gasteiger charge is 2.34. The van der Waals surface area contributed by atoms with E-state index in [2.05, 4.69) is 75.4 Å². The van der Waals surface area contributed by atoms with Crippen LogP contribution in [-0.2, 0) is 50.1 Å². The number of thiophene rings is 3. The highest BCUT2D eigenvalue weighted by Crippen LogP contribution is 2.42. The second-order valence-electron chi connectivity index (χ2n) is 32.8. The van der Waals surface area contributed by atoms with Gasteiger partial charge in [-0.2, -0.15) is 41.6 Å². The van der Waals surface area contributed by atoms with Crippen molar-refractivity contribution in [2.45, 2.75) is 126 Å². The Hall–Kier alpha value is -9.59. The lowest BCUT2D eigenvalue weighted by atomic mass is 10.0. The summed E-state index contributed by atoms with van der Waals surface area (Å²) in [5.41, 5.74) is 19.1. The van der Waals surface area contributed by atoms with Crippen LogP contribution >= 0.6 is 104 Å². The number of hydrogen-bond donors (Lipinski definition) is 8. The maximum Gasteiger partial charge on any atom is 0.286 e. The molecule has 0 aliphatic carbocycles. The Bertz CT molecular complexity index is 6800. The van der Waals surface area contributed by atoms with Crippen LogP contribution in [0.1, 0.15) is 182 Å². The fraction of sp³-hybridized carbons (Fsp3) is 0.305. The van der Waals surface area contributed by atoms with Crippen LogP contribution in [0.15, 0.2) is 164 Å². The highest BCUT2D eigenvalue weighted by atomic mass is 35.5. The van der Waals surface area contributed by atoms with Crippen LogP contribution in [0, 0.1) is 61.7 Å². The number of hydrazine groups is 3. The van der Waals surface area contributed by atoms with Crippen molar-refractivity contribution in [2.75, 3.05) is 58.6 Å². The van der Waals surface area contributed by atoms with Crippen LogP contribution < -0.4 is 39.9 Å². The molecule has 0 atom stereocenters. The largest absolute Gasteiger partial charge is 0.286 e. The molecule has 38 heteroatoms. The molecule has 0 radical (unpaired) electrons. The molecule has 9 heterocycles. The van der Waals surface area contributed by atoms with Gasteiger partial charge in [-0.1, -0.05) is 205 Å². The SMILES string of the molecule is CCNS(=O)(=O)NCc1c(C(=O)NN2CCCCC2)nn(-c2ccc(Cl)cc2Cl)c1-c1ccc(C#Cc2ccc(C)cc2)s1.CNS(=O)(=O)NCc1c(C(=O)NN2CCCCC2)nn(-c2ccc(Cl)cc2Cl)c1-c1ccc(C#Cc2ccc(C)cc2)s1.Cc1ccc(C#Cc2ccc(-c3c(CNS(=O)(=O)CC(C)(C)C)c(C(=O)NN4CCCCC4)nn3-c3ccc(Cl)cc3Cl)s2)cc1. The highest BCUT2D eigenvalue weighted by molar-refractivity contribution is 7.89. The van der Waals surface area contributed by atoms with Crippen LogP contribution in [0.5, 0.6) is 0 Å². The fourth-order valence-corrected chi connectivity index (χ4v) is 21.7. The lowest BCUT2D eigenvalue weighted by molar-refractivity contribution is 0.0736. The fourth-order valence-electron chi connectivity index (χ4n) is 14.6. The van der Waals surface area contributed by atoms with E-state index in [9.17, 15) is 39.6 Å². The van der Waals surface area contributed by atoms with E-state index < -0.39 is 53.6 Å². The zero-order valence-corrected chi connectivity index (χ0v) is 83.6. The Morgan fingerprint density at radius 2 is 0.677 bits per heavy atom. The number of nitrogens with one attached hydrogen (secondary N) is 8. The monoisotopic (exact) mass is 2020 g/mol. The van der Waals surface area contributed by atoms with Crippen LogP contribution in [0.2, 0.25) is 30.1 Å². The number of aromatic nitrogens is 6. The van der Waals surface area contributed by atoms with E-state index in [1.54, 1.807) is 75.6 Å². The van der Waals surface area contributed by atoms with Crippen molar-refractivity contribution in [1.29, 1.82) is 0 Å². The van der Waals surface area contributed by atoms with Crippen LogP contribution in [0.3, 0.4) is 0 Å². The van der Waals surface area contributed by atoms with Gasteiger partial charge in [0, 0.05) is 121 Å². The maximum absolute atomic E-state index is 13.9. The molecule has 0 spiro atoms. The summed E-state index contributed by atoms with van der Waals surface area (Å²) in [7, 11) is -10.1. The minimum absolute atomic E-state index is 0.0751. The molecule has 3 fully saturated rings. The smallest absolute Gasteiger partial charge is 0.283 e. The Labute approximate surface area is 818 Å². The lowest BCUT2D eigenvalue weighted by Crippen LogP contribution is -2.45. The first kappa shape index (κ1) is 101. The molecule has 0 unspecified atom stereocenters. The third-order valence-electron chi connectivity index (χ3n) is 21.1. The van der Waals surface area contributed by atoms with Crippen LogP contribution in [0.4, 0.5) is 0 Å². The minimum atomic E-state index is -3.85. The zero-order valence-electron chi connectivity index (χ0n) is 74.1. The summed E-state index contributed by atoms with van der Waals surface area (Å²) in [5.74, 6) is 17.8. The number of carbonyl (C=O) groups is 3. The maximum atomic E-state index is 13.9. The third-order valence-corrected chi connectivity index (χ3v) is 29.8. The van der Waals surface area contributed by atoms with Crippen molar-refractivity contribution in [3.8, 4) is 84.3 Å². The van der Waals surface area contributed by atoms with Gasteiger partial charge in [0.05, 0.1) is 84.2 Å². The average molecular weight is 2030 g/mol. The van der Waals surface area contributed by atoms with E-state index in [0.29, 0.717) is 81.0 Å². The van der Waals surface area contributed by atoms with Gasteiger partial charge in [0.2, 0.25) is 10.0 Å². The number of carbonyl (C=O) groups excluding carboxylic acids is 3. The molecular weight excluding hydrogens is 1930 g/mol. The van der Waals surface area contributed by atoms with Crippen molar-refractivity contribution in [3.05, 3.63) is 276 Å². The summed E-state index contributed by atoms with van der Waals surface area (Å²) in [6, 6.07) is 50.2. The van der Waals surface area contributed by atoms with E-state index in [-0.39, 0.29) is 49.0 Å². The van der Waals surface area contributed by atoms with Gasteiger partial charge in [-0.15, -0.1) is 34.0 Å². The third kappa shape index (κ3) is 27.9. The lowest BCUT2D eigenvalue weighted by Gasteiger charge is -2.26. The summed E-state index contributed by atoms with van der Waals surface area (Å²) in [6.45, 7) is 17.3. The quantitative estimate of drug-likeness (QED) is 0.0247. The summed E-state index contributed by atoms with van der Waals surface area (Å²) < 4.78 is 93.8. The number of hydrogen-bond acceptors (Lipinski definition) is 18. The summed E-state index contributed by atoms with van der Waals surface area (Å²) >= 11 is 42.8. The number of halogens is 6. The normalized spacial score (nSPS) is 13.9. The van der Waals surface area contributed by atoms with Crippen molar-refractivity contribution < 1.29 is 39.6 Å². The topological polar surface area (TPSA) is 313 Å². The molecule has 8 N–H and O–H groups in total. The number of rotatable bonds is 25. The molecular formula is C95H99Cl6N17O9S6. The van der Waals surface area contributed by atoms with Gasteiger partial charge in [-0.3, -0.25) is 30.7 Å². The minimum Gasteiger partial charge on any atom is -0.283 e. The Morgan fingerprint density at radius 3 is 0.955 bits per heavy atom. The van der Waals surface area contributed by atoms with Gasteiger partial charge >= 0.3 is 0 Å². The van der Waals surface area contributed by atoms with E-state index in [1.807, 2.05) is 166 Å². The molecule has 3 aliphatic heterocycles. The van der Waals surface area contributed by atoms with Crippen molar-refractivity contribution in [2.24, 2.45) is 5.41 Å². The van der Waals surface area contributed by atoms with Gasteiger partial charge in [0.1, 0.15) is 0 Å². The van der Waals surface area contributed by atoms with Crippen LogP contribution in [0.25, 0.3) is 48.8 Å². The molecule has 3 amide bonds. The number of piperidine rings is 3. The molecule has 6 aromatic carbocycles. The first-order chi connectivity index (χ1) is 63.5. The van der Waals surface area contributed by atoms with E-state index in [4.69, 9.17) is 84.9 Å². The van der Waals surface area contributed by atoms with Gasteiger partial charge < -0.3 is 0 Å². The standard InChI is InChI=1S/C34H37Cl2N5O3S2.C31H32Cl2N6O3S2.C30H30Cl2N6O3S2/c1-23-8-10-24(11-9-23)12-14-26-15-17-30(45-26)32-27(21-37-46(43,44)22-34(2,3)4)31(33(42)39-40-18-6-5-7-19-40)38-41(32)29-16-13-25(35)20-28(29)36;1-3-34-44(41,42)35-20-25-29(31(40)37-38-17-5-4-6-18-38)36-39(27-15-12-23(32)19-26(27)33)30(25)28-16-14-24(43-28)13-11-22-9-7-21(2)8-10-22;1-20-6-8-21(9-7-20)10-12-23-13-15-27(42-23)29-24(19-34-43(40,41)33-2)28(30(39)36-37-16-4-3-5-17-37)35-38(29)26-14-11-22(31)18-25(26)32/h8-11,13,15-17,20,37H,5-7,18-19,21-22H2,1-4H3,(H,39,42);7-10,12,14-16,19,34-35H,3-6,17-18,20H2,1-2H3,(H,37,40);6-9,11,13-15,18,33-34H,3-5,16-17,19H2,1-2H3,(H,36,39). The van der Waals surface area contributed by atoms with E-state index >= 15 is 0 Å². The number of benzene rings is 6. The summed E-state index contributed by atoms with van der Waals surface area (Å²) in [4.78, 5) is 45.9. The van der Waals surface area contributed by atoms with Gasteiger partial charge in [0.25, 0.3) is 38.1 Å². The Kier molecular flexibility index (Phi) is 34.8. The molecule has 3 aliphatic rings. The molecule has 3 saturated heterocycles. The van der Waals surface area contributed by atoms with Gasteiger partial charge in [-0.25, -0.2) is 51.7 Å². The number of sulfonamides is 1. The molecule has 6 aromatic heterocycles. The number of amides is 3. The Morgan fingerprint density at radius 1 is 0.383 bits per heavy atom. The zero-order chi connectivity index (χ0) is 94.9. The average Bonchev–Trinajstić information content (AvgIpc) is 1.62. The second-order valence-corrected chi connectivity index (χ2v) is 43.7. The Balaban J connectivity index is 0.000000169. The summed E-state index contributed by atoms with van der Waals surface area (Å²) in [5, 5.41) is 22.2. The second kappa shape index (κ2) is 45.8. The van der Waals surface area contributed by atoms with Crippen LogP contribution in [-0.4, -0.2) is 146 Å². The van der Waals surface area contributed by atoms with Crippen molar-refractivity contribution >= 4 is 152 Å². The molecule has 696 valence electrons. The molecule has 133 heavy (non-hydrogen) atoms. The predicted octanol–water partition coefficient (Wildman–Crippen LogP) is 18.2. The number of nitrogens with zero attached hydrogens (tertiary/aromatic N) is 9.